The van der Waals surface area contributed by atoms with Crippen LogP contribution in [0.15, 0.2) is 0 Å². The molecule has 0 bridgehead atoms. The highest BCUT2D eigenvalue weighted by atomic mass is 19.4. The molecule has 31 heavy (non-hydrogen) atoms. The summed E-state index contributed by atoms with van der Waals surface area (Å²) in [5.74, 6) is -41.9. The number of hydrogen-bond donors (Lipinski definition) is 0. The predicted molar refractivity (Wildman–Crippen MR) is 61.8 cm³/mol. The standard InChI is InChI=1S/C12H8F18O/c1-5(13,14)3(7(17,18)9(21,22)11(25,26)27)31-4(6(2,15)16)8(19,20)10(23,24)12(28,29)30/h3-4H,1-2H3. The van der Waals surface area contributed by atoms with E-state index in [1.54, 1.807) is 0 Å². The second kappa shape index (κ2) is 7.64. The van der Waals surface area contributed by atoms with Crippen LogP contribution in [0.25, 0.3) is 0 Å². The molecule has 0 amide bonds. The Bertz CT molecular complexity index is 563. The van der Waals surface area contributed by atoms with Crippen LogP contribution in [0.3, 0.4) is 0 Å². The summed E-state index contributed by atoms with van der Waals surface area (Å²) in [6.07, 6.45) is -26.3. The minimum Gasteiger partial charge on any atom is -0.349 e. The number of halogens is 18. The van der Waals surface area contributed by atoms with Crippen molar-refractivity contribution in [1.29, 1.82) is 0 Å². The Balaban J connectivity index is 6.81. The first-order chi connectivity index (χ1) is 13.0. The van der Waals surface area contributed by atoms with Gasteiger partial charge in [0.05, 0.1) is 0 Å². The van der Waals surface area contributed by atoms with Crippen LogP contribution in [0.1, 0.15) is 13.8 Å². The van der Waals surface area contributed by atoms with Gasteiger partial charge in [0.2, 0.25) is 0 Å². The van der Waals surface area contributed by atoms with Gasteiger partial charge in [0.1, 0.15) is 0 Å². The van der Waals surface area contributed by atoms with Gasteiger partial charge in [-0.15, -0.1) is 0 Å². The third kappa shape index (κ3) is 5.20. The van der Waals surface area contributed by atoms with Crippen LogP contribution in [0, 0.1) is 0 Å². The summed E-state index contributed by atoms with van der Waals surface area (Å²) in [5.41, 5.74) is 0. The van der Waals surface area contributed by atoms with Crippen molar-refractivity contribution < 1.29 is 83.8 Å². The van der Waals surface area contributed by atoms with Crippen LogP contribution < -0.4 is 0 Å². The Morgan fingerprint density at radius 2 is 0.613 bits per heavy atom. The van der Waals surface area contributed by atoms with Gasteiger partial charge in [0, 0.05) is 13.8 Å². The summed E-state index contributed by atoms with van der Waals surface area (Å²) >= 11 is 0. The lowest BCUT2D eigenvalue weighted by Crippen LogP contribution is -2.68. The van der Waals surface area contributed by atoms with Crippen molar-refractivity contribution >= 4 is 0 Å². The monoisotopic (exact) mass is 510 g/mol. The second-order valence-electron chi connectivity index (χ2n) is 6.20. The molecule has 0 heterocycles. The van der Waals surface area contributed by atoms with Gasteiger partial charge < -0.3 is 4.74 Å². The number of hydrogen-bond acceptors (Lipinski definition) is 1. The van der Waals surface area contributed by atoms with Crippen molar-refractivity contribution in [3.63, 3.8) is 0 Å². The first-order valence-corrected chi connectivity index (χ1v) is 7.03. The zero-order valence-corrected chi connectivity index (χ0v) is 14.4. The lowest BCUT2D eigenvalue weighted by Gasteiger charge is -2.42. The Morgan fingerprint density at radius 3 is 0.742 bits per heavy atom. The van der Waals surface area contributed by atoms with E-state index in [0.717, 1.165) is 0 Å². The molecule has 0 spiro atoms. The first kappa shape index (κ1) is 29.7. The van der Waals surface area contributed by atoms with Crippen molar-refractivity contribution in [3.05, 3.63) is 0 Å². The zero-order chi connectivity index (χ0) is 25.9. The van der Waals surface area contributed by atoms with Crippen LogP contribution >= 0.6 is 0 Å². The molecule has 0 fully saturated rings. The van der Waals surface area contributed by atoms with Crippen molar-refractivity contribution in [2.24, 2.45) is 0 Å². The molecule has 0 radical (unpaired) electrons. The molecular weight excluding hydrogens is 502 g/mol. The maximum atomic E-state index is 13.6. The molecule has 0 aromatic rings. The number of rotatable bonds is 8. The largest absolute Gasteiger partial charge is 0.459 e. The molecule has 0 aliphatic heterocycles. The molecule has 0 aliphatic carbocycles. The van der Waals surface area contributed by atoms with E-state index in [2.05, 4.69) is 4.74 Å². The maximum absolute atomic E-state index is 13.6. The van der Waals surface area contributed by atoms with Gasteiger partial charge in [0.25, 0.3) is 11.8 Å². The van der Waals surface area contributed by atoms with E-state index in [1.807, 2.05) is 0 Å². The molecule has 0 saturated heterocycles. The predicted octanol–water partition coefficient (Wildman–Crippen LogP) is 6.72. The quantitative estimate of drug-likeness (QED) is 0.330. The summed E-state index contributed by atoms with van der Waals surface area (Å²) in [5, 5.41) is 0. The van der Waals surface area contributed by atoms with Crippen molar-refractivity contribution in [2.45, 2.75) is 73.9 Å². The highest BCUT2D eigenvalue weighted by molar-refractivity contribution is 5.05. The number of alkyl halides is 18. The average molecular weight is 510 g/mol. The van der Waals surface area contributed by atoms with Crippen LogP contribution in [0.2, 0.25) is 0 Å². The normalized spacial score (nSPS) is 18.2. The Morgan fingerprint density at radius 1 is 0.419 bits per heavy atom. The van der Waals surface area contributed by atoms with Crippen molar-refractivity contribution in [3.8, 4) is 0 Å². The minimum absolute atomic E-state index is 1.05. The topological polar surface area (TPSA) is 9.23 Å². The van der Waals surface area contributed by atoms with Gasteiger partial charge in [-0.05, 0) is 0 Å². The Hall–Kier alpha value is -1.30. The molecule has 188 valence electrons. The fraction of sp³-hybridized carbons (Fsp3) is 1.00. The van der Waals surface area contributed by atoms with Crippen molar-refractivity contribution in [1.82, 2.24) is 0 Å². The summed E-state index contributed by atoms with van der Waals surface area (Å²) < 4.78 is 234. The van der Waals surface area contributed by atoms with Gasteiger partial charge in [-0.2, -0.15) is 61.5 Å². The van der Waals surface area contributed by atoms with Gasteiger partial charge in [-0.25, -0.2) is 17.6 Å². The van der Waals surface area contributed by atoms with Gasteiger partial charge >= 0.3 is 36.0 Å². The van der Waals surface area contributed by atoms with Crippen LogP contribution in [0.4, 0.5) is 79.0 Å². The lowest BCUT2D eigenvalue weighted by atomic mass is 9.96. The van der Waals surface area contributed by atoms with Crippen LogP contribution in [-0.4, -0.2) is 60.1 Å². The van der Waals surface area contributed by atoms with E-state index in [0.29, 0.717) is 0 Å². The highest BCUT2D eigenvalue weighted by Gasteiger charge is 2.82. The molecule has 19 heteroatoms. The molecule has 0 saturated carbocycles. The third-order valence-corrected chi connectivity index (χ3v) is 3.40. The summed E-state index contributed by atoms with van der Waals surface area (Å²) in [4.78, 5) is 0. The van der Waals surface area contributed by atoms with E-state index in [-0.39, 0.29) is 0 Å². The smallest absolute Gasteiger partial charge is 0.349 e. The lowest BCUT2D eigenvalue weighted by molar-refractivity contribution is -0.421. The van der Waals surface area contributed by atoms with E-state index in [4.69, 9.17) is 0 Å². The van der Waals surface area contributed by atoms with Crippen molar-refractivity contribution in [2.75, 3.05) is 0 Å². The SMILES string of the molecule is CC(F)(F)C(OC(C(C)(F)F)C(F)(F)C(F)(F)C(F)(F)F)C(F)(F)C(F)(F)C(F)(F)F. The highest BCUT2D eigenvalue weighted by Crippen LogP contribution is 2.55. The molecule has 0 aromatic heterocycles. The van der Waals surface area contributed by atoms with Gasteiger partial charge in [-0.3, -0.25) is 0 Å². The maximum Gasteiger partial charge on any atom is 0.459 e. The fourth-order valence-corrected chi connectivity index (χ4v) is 1.89. The van der Waals surface area contributed by atoms with Gasteiger partial charge in [0.15, 0.2) is 12.2 Å². The Labute approximate surface area is 159 Å². The first-order valence-electron chi connectivity index (χ1n) is 7.03. The molecular formula is C12H8F18O. The molecule has 1 nitrogen and oxygen atoms in total. The van der Waals surface area contributed by atoms with E-state index >= 15 is 0 Å². The molecule has 0 rings (SSSR count). The van der Waals surface area contributed by atoms with E-state index in [1.165, 1.54) is 0 Å². The molecule has 0 N–H and O–H groups in total. The molecule has 2 unspecified atom stereocenters. The third-order valence-electron chi connectivity index (χ3n) is 3.40. The number of ether oxygens (including phenoxy) is 1. The summed E-state index contributed by atoms with van der Waals surface area (Å²) in [6, 6.07) is 0. The summed E-state index contributed by atoms with van der Waals surface area (Å²) in [7, 11) is 0. The second-order valence-corrected chi connectivity index (χ2v) is 6.20. The van der Waals surface area contributed by atoms with E-state index in [9.17, 15) is 79.0 Å². The van der Waals surface area contributed by atoms with Crippen LogP contribution in [0.5, 0.6) is 0 Å². The van der Waals surface area contributed by atoms with Crippen LogP contribution in [-0.2, 0) is 4.74 Å². The fourth-order valence-electron chi connectivity index (χ4n) is 1.89. The average Bonchev–Trinajstić information content (AvgIpc) is 2.40. The minimum atomic E-state index is -7.63. The van der Waals surface area contributed by atoms with E-state index < -0.39 is 73.9 Å². The summed E-state index contributed by atoms with van der Waals surface area (Å²) in [6.45, 7) is -2.11. The molecule has 0 aromatic carbocycles. The van der Waals surface area contributed by atoms with Gasteiger partial charge in [-0.1, -0.05) is 0 Å². The molecule has 2 atom stereocenters. The zero-order valence-electron chi connectivity index (χ0n) is 14.4. The molecule has 0 aliphatic rings. The Kier molecular flexibility index (Phi) is 7.32.